The summed E-state index contributed by atoms with van der Waals surface area (Å²) in [6.07, 6.45) is 0. The van der Waals surface area contributed by atoms with Gasteiger partial charge in [0.05, 0.1) is 33.1 Å². The Kier molecular flexibility index (Phi) is 6.82. The van der Waals surface area contributed by atoms with Crippen LogP contribution in [0.4, 0.5) is 0 Å². The first-order chi connectivity index (χ1) is 26.8. The molecule has 3 aromatic heterocycles. The molecule has 0 aliphatic carbocycles. The highest BCUT2D eigenvalue weighted by molar-refractivity contribution is 6.13. The van der Waals surface area contributed by atoms with Crippen LogP contribution in [0.25, 0.3) is 99.7 Å². The molecular formula is C50H32N4. The Bertz CT molecular complexity index is 3200. The summed E-state index contributed by atoms with van der Waals surface area (Å²) in [5.41, 5.74) is 14.0. The zero-order chi connectivity index (χ0) is 35.6. The maximum Gasteiger partial charge on any atom is 0.165 e. The summed E-state index contributed by atoms with van der Waals surface area (Å²) in [7, 11) is 0. The van der Waals surface area contributed by atoms with Gasteiger partial charge < -0.3 is 4.57 Å². The summed E-state index contributed by atoms with van der Waals surface area (Å²) in [5, 5.41) is 4.82. The van der Waals surface area contributed by atoms with Gasteiger partial charge >= 0.3 is 0 Å². The third-order valence-electron chi connectivity index (χ3n) is 10.7. The van der Waals surface area contributed by atoms with Crippen molar-refractivity contribution in [2.75, 3.05) is 0 Å². The lowest BCUT2D eigenvalue weighted by atomic mass is 9.99. The van der Waals surface area contributed by atoms with E-state index in [1.165, 1.54) is 49.3 Å². The van der Waals surface area contributed by atoms with E-state index in [1.54, 1.807) is 0 Å². The molecule has 252 valence electrons. The van der Waals surface area contributed by atoms with Crippen molar-refractivity contribution in [2.24, 2.45) is 0 Å². The molecular weight excluding hydrogens is 657 g/mol. The van der Waals surface area contributed by atoms with Crippen molar-refractivity contribution >= 4 is 54.6 Å². The van der Waals surface area contributed by atoms with Gasteiger partial charge in [0.2, 0.25) is 0 Å². The fourth-order valence-corrected chi connectivity index (χ4v) is 8.18. The van der Waals surface area contributed by atoms with Crippen LogP contribution in [0.15, 0.2) is 194 Å². The zero-order valence-electron chi connectivity index (χ0n) is 29.3. The Morgan fingerprint density at radius 2 is 0.796 bits per heavy atom. The predicted octanol–water partition coefficient (Wildman–Crippen LogP) is 12.8. The fraction of sp³-hybridized carbons (Fsp3) is 0. The van der Waals surface area contributed by atoms with Gasteiger partial charge in [0, 0.05) is 32.8 Å². The van der Waals surface area contributed by atoms with E-state index in [-0.39, 0.29) is 0 Å². The standard InChI is InChI=1S/C50H32N4/c1-4-14-33(15-5-1)37-24-27-40-42-31-36(35-25-28-46-41(30-35)39-20-10-13-23-45(39)53(46)38-18-8-3-9-19-38)26-29-47(42)54(48(40)32-37)50-49(34-16-6-2-7-17-34)51-43-21-11-12-22-44(43)52-50/h1-32H. The molecule has 8 aromatic carbocycles. The van der Waals surface area contributed by atoms with E-state index in [0.29, 0.717) is 0 Å². The minimum Gasteiger partial charge on any atom is -0.309 e. The summed E-state index contributed by atoms with van der Waals surface area (Å²) in [6, 6.07) is 69.0. The monoisotopic (exact) mass is 688 g/mol. The van der Waals surface area contributed by atoms with Gasteiger partial charge in [0.15, 0.2) is 5.82 Å². The van der Waals surface area contributed by atoms with Crippen LogP contribution in [-0.2, 0) is 0 Å². The maximum absolute atomic E-state index is 5.37. The van der Waals surface area contributed by atoms with Crippen LogP contribution in [0.3, 0.4) is 0 Å². The number of aromatic nitrogens is 4. The molecule has 0 atom stereocenters. The molecule has 11 aromatic rings. The molecule has 0 saturated heterocycles. The van der Waals surface area contributed by atoms with Crippen LogP contribution in [0.2, 0.25) is 0 Å². The van der Waals surface area contributed by atoms with Crippen molar-refractivity contribution < 1.29 is 0 Å². The SMILES string of the molecule is c1ccc(-c2ccc3c4cc(-c5ccc6c(c5)c5ccccc5n6-c5ccccc5)ccc4n(-c4nc5ccccc5nc4-c4ccccc4)c3c2)cc1. The van der Waals surface area contributed by atoms with Crippen molar-refractivity contribution in [3.63, 3.8) is 0 Å². The lowest BCUT2D eigenvalue weighted by Crippen LogP contribution is -2.03. The minimum atomic E-state index is 0.813. The molecule has 0 aliphatic rings. The summed E-state index contributed by atoms with van der Waals surface area (Å²) in [5.74, 6) is 0.813. The molecule has 4 nitrogen and oxygen atoms in total. The van der Waals surface area contributed by atoms with Gasteiger partial charge in [-0.2, -0.15) is 0 Å². The Morgan fingerprint density at radius 3 is 1.50 bits per heavy atom. The van der Waals surface area contributed by atoms with Crippen LogP contribution >= 0.6 is 0 Å². The molecule has 0 amide bonds. The number of rotatable bonds is 5. The first-order valence-electron chi connectivity index (χ1n) is 18.3. The van der Waals surface area contributed by atoms with Crippen LogP contribution in [-0.4, -0.2) is 19.1 Å². The Hall–Kier alpha value is -7.30. The summed E-state index contributed by atoms with van der Waals surface area (Å²) in [4.78, 5) is 10.6. The van der Waals surface area contributed by atoms with Crippen LogP contribution in [0, 0.1) is 0 Å². The molecule has 0 saturated carbocycles. The van der Waals surface area contributed by atoms with E-state index in [4.69, 9.17) is 9.97 Å². The van der Waals surface area contributed by atoms with Crippen molar-refractivity contribution in [3.05, 3.63) is 194 Å². The number of hydrogen-bond acceptors (Lipinski definition) is 2. The molecule has 0 spiro atoms. The Morgan fingerprint density at radius 1 is 0.296 bits per heavy atom. The van der Waals surface area contributed by atoms with Crippen molar-refractivity contribution in [1.82, 2.24) is 19.1 Å². The number of nitrogens with zero attached hydrogens (tertiary/aromatic N) is 4. The number of fused-ring (bicyclic) bond motifs is 7. The second kappa shape index (κ2) is 12.1. The van der Waals surface area contributed by atoms with E-state index in [0.717, 1.165) is 50.4 Å². The molecule has 3 heterocycles. The fourth-order valence-electron chi connectivity index (χ4n) is 8.18. The lowest BCUT2D eigenvalue weighted by molar-refractivity contribution is 1.08. The van der Waals surface area contributed by atoms with Gasteiger partial charge in [0.1, 0.15) is 5.69 Å². The molecule has 0 N–H and O–H groups in total. The second-order valence-electron chi connectivity index (χ2n) is 13.8. The molecule has 4 heteroatoms. The molecule has 54 heavy (non-hydrogen) atoms. The molecule has 11 rings (SSSR count). The normalized spacial score (nSPS) is 11.7. The van der Waals surface area contributed by atoms with Gasteiger partial charge in [-0.15, -0.1) is 0 Å². The van der Waals surface area contributed by atoms with E-state index in [9.17, 15) is 0 Å². The summed E-state index contributed by atoms with van der Waals surface area (Å²) >= 11 is 0. The number of benzene rings is 8. The maximum atomic E-state index is 5.37. The van der Waals surface area contributed by atoms with Gasteiger partial charge in [-0.25, -0.2) is 9.97 Å². The van der Waals surface area contributed by atoms with Crippen LogP contribution in [0.1, 0.15) is 0 Å². The topological polar surface area (TPSA) is 35.6 Å². The van der Waals surface area contributed by atoms with Crippen LogP contribution < -0.4 is 0 Å². The minimum absolute atomic E-state index is 0.813. The van der Waals surface area contributed by atoms with Gasteiger partial charge in [0.25, 0.3) is 0 Å². The van der Waals surface area contributed by atoms with E-state index in [2.05, 4.69) is 173 Å². The first-order valence-corrected chi connectivity index (χ1v) is 18.3. The quantitative estimate of drug-likeness (QED) is 0.180. The lowest BCUT2D eigenvalue weighted by Gasteiger charge is -2.14. The number of hydrogen-bond donors (Lipinski definition) is 0. The zero-order valence-corrected chi connectivity index (χ0v) is 29.3. The molecule has 0 aliphatic heterocycles. The Balaban J connectivity index is 1.17. The van der Waals surface area contributed by atoms with Crippen LogP contribution in [0.5, 0.6) is 0 Å². The molecule has 0 bridgehead atoms. The van der Waals surface area contributed by atoms with Crippen molar-refractivity contribution in [3.8, 4) is 45.0 Å². The van der Waals surface area contributed by atoms with Gasteiger partial charge in [-0.05, 0) is 82.9 Å². The van der Waals surface area contributed by atoms with E-state index < -0.39 is 0 Å². The predicted molar refractivity (Wildman–Crippen MR) is 225 cm³/mol. The van der Waals surface area contributed by atoms with E-state index in [1.807, 2.05) is 30.3 Å². The largest absolute Gasteiger partial charge is 0.309 e. The van der Waals surface area contributed by atoms with Gasteiger partial charge in [-0.1, -0.05) is 133 Å². The molecule has 0 radical (unpaired) electrons. The molecule has 0 fully saturated rings. The highest BCUT2D eigenvalue weighted by Gasteiger charge is 2.21. The highest BCUT2D eigenvalue weighted by Crippen LogP contribution is 2.40. The Labute approximate surface area is 311 Å². The highest BCUT2D eigenvalue weighted by atomic mass is 15.1. The smallest absolute Gasteiger partial charge is 0.165 e. The number of para-hydroxylation sites is 4. The van der Waals surface area contributed by atoms with Gasteiger partial charge in [-0.3, -0.25) is 4.57 Å². The summed E-state index contributed by atoms with van der Waals surface area (Å²) in [6.45, 7) is 0. The van der Waals surface area contributed by atoms with E-state index >= 15 is 0 Å². The molecule has 0 unspecified atom stereocenters. The van der Waals surface area contributed by atoms with Crippen molar-refractivity contribution in [1.29, 1.82) is 0 Å². The van der Waals surface area contributed by atoms with Crippen molar-refractivity contribution in [2.45, 2.75) is 0 Å². The average molecular weight is 689 g/mol. The average Bonchev–Trinajstić information content (AvgIpc) is 3.76. The third kappa shape index (κ3) is 4.78. The second-order valence-corrected chi connectivity index (χ2v) is 13.8. The third-order valence-corrected chi connectivity index (χ3v) is 10.7. The first kappa shape index (κ1) is 30.3. The summed E-state index contributed by atoms with van der Waals surface area (Å²) < 4.78 is 4.68.